The van der Waals surface area contributed by atoms with Crippen LogP contribution in [0.5, 0.6) is 0 Å². The Labute approximate surface area is 67.4 Å². The molecular formula is C9H12NO. The van der Waals surface area contributed by atoms with Gasteiger partial charge >= 0.3 is 0 Å². The van der Waals surface area contributed by atoms with E-state index in [2.05, 4.69) is 6.07 Å². The maximum Gasteiger partial charge on any atom is 0.0575 e. The fourth-order valence-corrected chi connectivity index (χ4v) is 0.833. The maximum absolute atomic E-state index is 4.97. The summed E-state index contributed by atoms with van der Waals surface area (Å²) in [6.07, 6.45) is 0. The Hall–Kier alpha value is -0.860. The van der Waals surface area contributed by atoms with Crippen molar-refractivity contribution in [1.82, 2.24) is 5.06 Å². The monoisotopic (exact) mass is 150 g/mol. The summed E-state index contributed by atoms with van der Waals surface area (Å²) in [5, 5.41) is 1.76. The molecule has 0 bridgehead atoms. The highest BCUT2D eigenvalue weighted by Crippen LogP contribution is 2.00. The van der Waals surface area contributed by atoms with E-state index in [1.807, 2.05) is 31.3 Å². The second-order valence-electron chi connectivity index (χ2n) is 2.36. The number of benzene rings is 1. The average Bonchev–Trinajstić information content (AvgIpc) is 2.06. The third-order valence-corrected chi connectivity index (χ3v) is 1.48. The van der Waals surface area contributed by atoms with Crippen LogP contribution >= 0.6 is 0 Å². The number of hydrogen-bond acceptors (Lipinski definition) is 2. The lowest BCUT2D eigenvalue weighted by Gasteiger charge is -2.12. The van der Waals surface area contributed by atoms with Gasteiger partial charge in [-0.05, 0) is 11.6 Å². The molecule has 59 valence electrons. The van der Waals surface area contributed by atoms with E-state index in [0.29, 0.717) is 0 Å². The molecule has 0 saturated carbocycles. The van der Waals surface area contributed by atoms with Crippen molar-refractivity contribution < 1.29 is 4.84 Å². The highest BCUT2D eigenvalue weighted by molar-refractivity contribution is 5.12. The zero-order valence-corrected chi connectivity index (χ0v) is 6.87. The fourth-order valence-electron chi connectivity index (χ4n) is 0.833. The molecule has 2 heteroatoms. The Kier molecular flexibility index (Phi) is 3.08. The molecule has 0 aliphatic carbocycles. The zero-order chi connectivity index (χ0) is 8.10. The molecule has 1 aromatic rings. The van der Waals surface area contributed by atoms with E-state index in [0.717, 1.165) is 12.1 Å². The van der Waals surface area contributed by atoms with E-state index in [1.54, 1.807) is 12.2 Å². The van der Waals surface area contributed by atoms with Crippen molar-refractivity contribution >= 4 is 0 Å². The van der Waals surface area contributed by atoms with Gasteiger partial charge in [0.05, 0.1) is 7.11 Å². The summed E-state index contributed by atoms with van der Waals surface area (Å²) >= 11 is 0. The minimum atomic E-state index is 0.775. The van der Waals surface area contributed by atoms with E-state index in [-0.39, 0.29) is 0 Å². The van der Waals surface area contributed by atoms with Crippen molar-refractivity contribution in [2.24, 2.45) is 0 Å². The van der Waals surface area contributed by atoms with Crippen molar-refractivity contribution in [3.05, 3.63) is 35.9 Å². The first-order valence-electron chi connectivity index (χ1n) is 3.54. The highest BCUT2D eigenvalue weighted by atomic mass is 16.7. The first-order chi connectivity index (χ1) is 5.33. The van der Waals surface area contributed by atoms with Crippen LogP contribution in [-0.2, 0) is 11.4 Å². The molecule has 0 aliphatic rings. The summed E-state index contributed by atoms with van der Waals surface area (Å²) in [6.45, 7) is 0.775. The SMILES string of the molecule is CON(C)Cc1[c]cccc1. The minimum absolute atomic E-state index is 0.775. The molecule has 2 nitrogen and oxygen atoms in total. The lowest BCUT2D eigenvalue weighted by Crippen LogP contribution is -2.15. The molecule has 0 aromatic heterocycles. The molecule has 0 spiro atoms. The van der Waals surface area contributed by atoms with Crippen LogP contribution < -0.4 is 0 Å². The minimum Gasteiger partial charge on any atom is -0.302 e. The summed E-state index contributed by atoms with van der Waals surface area (Å²) < 4.78 is 0. The van der Waals surface area contributed by atoms with Crippen molar-refractivity contribution in [3.8, 4) is 0 Å². The Bertz CT molecular complexity index is 198. The standard InChI is InChI=1S/C9H12NO/c1-10(11-2)8-9-6-4-3-5-7-9/h3-6H,8H2,1-2H3. The molecule has 0 aliphatic heterocycles. The van der Waals surface area contributed by atoms with Gasteiger partial charge in [0.1, 0.15) is 0 Å². The van der Waals surface area contributed by atoms with Gasteiger partial charge in [-0.2, -0.15) is 5.06 Å². The second-order valence-corrected chi connectivity index (χ2v) is 2.36. The zero-order valence-electron chi connectivity index (χ0n) is 6.87. The molecule has 0 atom stereocenters. The third kappa shape index (κ3) is 2.70. The van der Waals surface area contributed by atoms with Gasteiger partial charge in [0.25, 0.3) is 0 Å². The number of nitrogens with zero attached hydrogens (tertiary/aromatic N) is 1. The van der Waals surface area contributed by atoms with Gasteiger partial charge in [0, 0.05) is 13.6 Å². The van der Waals surface area contributed by atoms with Crippen LogP contribution in [0.1, 0.15) is 5.56 Å². The topological polar surface area (TPSA) is 12.5 Å². The Balaban J connectivity index is 2.51. The Morgan fingerprint density at radius 3 is 2.91 bits per heavy atom. The highest BCUT2D eigenvalue weighted by Gasteiger charge is 1.95. The van der Waals surface area contributed by atoms with E-state index in [4.69, 9.17) is 4.84 Å². The van der Waals surface area contributed by atoms with Gasteiger partial charge in [0.15, 0.2) is 0 Å². The van der Waals surface area contributed by atoms with Crippen molar-refractivity contribution in [2.45, 2.75) is 6.54 Å². The summed E-state index contributed by atoms with van der Waals surface area (Å²) in [7, 11) is 3.55. The lowest BCUT2D eigenvalue weighted by molar-refractivity contribution is -0.116. The third-order valence-electron chi connectivity index (χ3n) is 1.48. The molecule has 0 amide bonds. The first-order valence-corrected chi connectivity index (χ1v) is 3.54. The maximum atomic E-state index is 4.97. The van der Waals surface area contributed by atoms with Gasteiger partial charge < -0.3 is 4.84 Å². The normalized spacial score (nSPS) is 10.5. The number of hydrogen-bond donors (Lipinski definition) is 0. The van der Waals surface area contributed by atoms with E-state index < -0.39 is 0 Å². The van der Waals surface area contributed by atoms with Gasteiger partial charge in [-0.3, -0.25) is 0 Å². The average molecular weight is 150 g/mol. The fraction of sp³-hybridized carbons (Fsp3) is 0.333. The Morgan fingerprint density at radius 1 is 1.55 bits per heavy atom. The van der Waals surface area contributed by atoms with Crippen LogP contribution in [0, 0.1) is 6.07 Å². The first kappa shape index (κ1) is 8.24. The molecular weight excluding hydrogens is 138 g/mol. The predicted molar refractivity (Wildman–Crippen MR) is 43.8 cm³/mol. The largest absolute Gasteiger partial charge is 0.302 e. The molecule has 0 fully saturated rings. The van der Waals surface area contributed by atoms with Crippen molar-refractivity contribution in [1.29, 1.82) is 0 Å². The van der Waals surface area contributed by atoms with Crippen molar-refractivity contribution in [2.75, 3.05) is 14.2 Å². The van der Waals surface area contributed by atoms with Gasteiger partial charge in [-0.15, -0.1) is 0 Å². The van der Waals surface area contributed by atoms with Gasteiger partial charge in [-0.1, -0.05) is 24.3 Å². The summed E-state index contributed by atoms with van der Waals surface area (Å²) in [5.74, 6) is 0. The van der Waals surface area contributed by atoms with E-state index >= 15 is 0 Å². The Morgan fingerprint density at radius 2 is 2.36 bits per heavy atom. The van der Waals surface area contributed by atoms with Crippen LogP contribution in [0.15, 0.2) is 24.3 Å². The summed E-state index contributed by atoms with van der Waals surface area (Å²) in [6, 6.07) is 11.0. The van der Waals surface area contributed by atoms with Crippen LogP contribution in [0.2, 0.25) is 0 Å². The van der Waals surface area contributed by atoms with Crippen molar-refractivity contribution in [3.63, 3.8) is 0 Å². The molecule has 0 unspecified atom stereocenters. The molecule has 1 radical (unpaired) electrons. The molecule has 0 saturated heterocycles. The van der Waals surface area contributed by atoms with Crippen LogP contribution in [-0.4, -0.2) is 19.2 Å². The van der Waals surface area contributed by atoms with Crippen LogP contribution in [0.25, 0.3) is 0 Å². The number of hydroxylamine groups is 2. The van der Waals surface area contributed by atoms with E-state index in [1.165, 1.54) is 0 Å². The quantitative estimate of drug-likeness (QED) is 0.605. The second kappa shape index (κ2) is 4.11. The van der Waals surface area contributed by atoms with Crippen LogP contribution in [0.4, 0.5) is 0 Å². The van der Waals surface area contributed by atoms with Gasteiger partial charge in [-0.25, -0.2) is 0 Å². The summed E-state index contributed by atoms with van der Waals surface area (Å²) in [4.78, 5) is 4.97. The molecule has 0 N–H and O–H groups in total. The molecule has 1 aromatic carbocycles. The smallest absolute Gasteiger partial charge is 0.0575 e. The van der Waals surface area contributed by atoms with Gasteiger partial charge in [0.2, 0.25) is 0 Å². The lowest BCUT2D eigenvalue weighted by atomic mass is 10.2. The molecule has 0 heterocycles. The predicted octanol–water partition coefficient (Wildman–Crippen LogP) is 1.48. The molecule has 1 rings (SSSR count). The van der Waals surface area contributed by atoms with E-state index in [9.17, 15) is 0 Å². The van der Waals surface area contributed by atoms with Crippen LogP contribution in [0.3, 0.4) is 0 Å². The number of rotatable bonds is 3. The summed E-state index contributed by atoms with van der Waals surface area (Å²) in [5.41, 5.74) is 1.14. The molecule has 11 heavy (non-hydrogen) atoms.